The van der Waals surface area contributed by atoms with Crippen LogP contribution in [0, 0.1) is 0 Å². The summed E-state index contributed by atoms with van der Waals surface area (Å²) in [4.78, 5) is 28.6. The van der Waals surface area contributed by atoms with E-state index < -0.39 is 0 Å². The monoisotopic (exact) mass is 339 g/mol. The van der Waals surface area contributed by atoms with Crippen molar-refractivity contribution in [3.63, 3.8) is 0 Å². The van der Waals surface area contributed by atoms with E-state index >= 15 is 0 Å². The van der Waals surface area contributed by atoms with Crippen LogP contribution in [-0.2, 0) is 0 Å². The van der Waals surface area contributed by atoms with Crippen LogP contribution in [0.4, 0.5) is 0 Å². The predicted molar refractivity (Wildman–Crippen MR) is 98.4 cm³/mol. The maximum atomic E-state index is 12.4. The molecule has 2 N–H and O–H groups in total. The maximum Gasteiger partial charge on any atom is 0.269 e. The quantitative estimate of drug-likeness (QED) is 0.723. The van der Waals surface area contributed by atoms with Crippen LogP contribution >= 0.6 is 0 Å². The normalized spacial score (nSPS) is 11.6. The van der Waals surface area contributed by atoms with Gasteiger partial charge in [0.2, 0.25) is 0 Å². The second-order valence-corrected chi connectivity index (χ2v) is 6.00. The summed E-state index contributed by atoms with van der Waals surface area (Å²) in [6.07, 6.45) is 4.61. The van der Waals surface area contributed by atoms with E-state index in [9.17, 15) is 9.59 Å². The first-order valence-corrected chi connectivity index (χ1v) is 8.72. The number of benzene rings is 1. The fourth-order valence-electron chi connectivity index (χ4n) is 2.47. The molecule has 1 aromatic carbocycles. The molecule has 0 radical (unpaired) electrons. The first-order valence-electron chi connectivity index (χ1n) is 8.72. The summed E-state index contributed by atoms with van der Waals surface area (Å²) in [5.41, 5.74) is 1.71. The molecule has 0 fully saturated rings. The Morgan fingerprint density at radius 1 is 1.08 bits per heavy atom. The molecule has 2 amide bonds. The lowest BCUT2D eigenvalue weighted by Gasteiger charge is -2.14. The van der Waals surface area contributed by atoms with Crippen LogP contribution < -0.4 is 10.6 Å². The summed E-state index contributed by atoms with van der Waals surface area (Å²) in [7, 11) is 0. The minimum absolute atomic E-state index is 0.117. The molecule has 0 saturated heterocycles. The number of carbonyl (C=O) groups excluding carboxylic acids is 2. The molecule has 2 rings (SSSR count). The molecular weight excluding hydrogens is 314 g/mol. The zero-order chi connectivity index (χ0) is 18.1. The van der Waals surface area contributed by atoms with Gasteiger partial charge in [-0.3, -0.25) is 14.6 Å². The third kappa shape index (κ3) is 5.71. The van der Waals surface area contributed by atoms with Gasteiger partial charge in [0.05, 0.1) is 6.04 Å². The summed E-state index contributed by atoms with van der Waals surface area (Å²) in [6, 6.07) is 12.8. The smallest absolute Gasteiger partial charge is 0.269 e. The number of rotatable bonds is 8. The molecule has 2 aromatic rings. The van der Waals surface area contributed by atoms with E-state index in [1.54, 1.807) is 6.07 Å². The van der Waals surface area contributed by atoms with Crippen LogP contribution in [0.3, 0.4) is 0 Å². The molecule has 0 spiro atoms. The molecule has 0 aliphatic carbocycles. The second-order valence-electron chi connectivity index (χ2n) is 6.00. The van der Waals surface area contributed by atoms with E-state index in [2.05, 4.69) is 22.5 Å². The Hall–Kier alpha value is -2.69. The van der Waals surface area contributed by atoms with Gasteiger partial charge in [-0.25, -0.2) is 0 Å². The molecule has 0 saturated carbocycles. The number of pyridine rings is 1. The van der Waals surface area contributed by atoms with E-state index in [0.717, 1.165) is 24.8 Å². The highest BCUT2D eigenvalue weighted by Crippen LogP contribution is 2.12. The lowest BCUT2D eigenvalue weighted by atomic mass is 10.1. The Morgan fingerprint density at radius 2 is 1.84 bits per heavy atom. The number of nitrogens with one attached hydrogen (secondary N) is 2. The molecule has 0 aliphatic rings. The largest absolute Gasteiger partial charge is 0.351 e. The highest BCUT2D eigenvalue weighted by molar-refractivity contribution is 5.98. The molecule has 1 atom stereocenters. The predicted octanol–water partition coefficient (Wildman–Crippen LogP) is 3.49. The summed E-state index contributed by atoms with van der Waals surface area (Å²) in [6.45, 7) is 4.66. The third-order valence-electron chi connectivity index (χ3n) is 3.97. The molecule has 132 valence electrons. The Kier molecular flexibility index (Phi) is 7.14. The van der Waals surface area contributed by atoms with Crippen molar-refractivity contribution < 1.29 is 9.59 Å². The van der Waals surface area contributed by atoms with Gasteiger partial charge in [0.1, 0.15) is 5.69 Å². The molecule has 1 heterocycles. The maximum absolute atomic E-state index is 12.4. The Labute approximate surface area is 148 Å². The standard InChI is InChI=1S/C20H25N3O2/c1-3-4-8-12-22-20(25)18-14-17(11-13-21-18)19(24)23-15(2)16-9-6-5-7-10-16/h5-7,9-11,13-15H,3-4,8,12H2,1-2H3,(H,22,25)(H,23,24). The first-order chi connectivity index (χ1) is 12.1. The van der Waals surface area contributed by atoms with Crippen LogP contribution in [0.25, 0.3) is 0 Å². The van der Waals surface area contributed by atoms with Gasteiger partial charge >= 0.3 is 0 Å². The number of carbonyl (C=O) groups is 2. The number of hydrogen-bond acceptors (Lipinski definition) is 3. The van der Waals surface area contributed by atoms with Gasteiger partial charge in [-0.1, -0.05) is 50.1 Å². The van der Waals surface area contributed by atoms with Gasteiger partial charge in [-0.15, -0.1) is 0 Å². The van der Waals surface area contributed by atoms with E-state index in [-0.39, 0.29) is 23.6 Å². The van der Waals surface area contributed by atoms with Crippen molar-refractivity contribution in [1.29, 1.82) is 0 Å². The number of hydrogen-bond donors (Lipinski definition) is 2. The molecule has 0 aliphatic heterocycles. The van der Waals surface area contributed by atoms with Crippen LogP contribution in [0.5, 0.6) is 0 Å². The van der Waals surface area contributed by atoms with Gasteiger partial charge in [-0.2, -0.15) is 0 Å². The first kappa shape index (κ1) is 18.6. The van der Waals surface area contributed by atoms with E-state index in [4.69, 9.17) is 0 Å². The Morgan fingerprint density at radius 3 is 2.56 bits per heavy atom. The average molecular weight is 339 g/mol. The molecular formula is C20H25N3O2. The third-order valence-corrected chi connectivity index (χ3v) is 3.97. The Bertz CT molecular complexity index is 701. The van der Waals surface area contributed by atoms with Crippen molar-refractivity contribution in [2.24, 2.45) is 0 Å². The minimum Gasteiger partial charge on any atom is -0.351 e. The number of nitrogens with zero attached hydrogens (tertiary/aromatic N) is 1. The summed E-state index contributed by atoms with van der Waals surface area (Å²) in [5.74, 6) is -0.472. The van der Waals surface area contributed by atoms with Gasteiger partial charge in [0, 0.05) is 18.3 Å². The molecule has 5 nitrogen and oxygen atoms in total. The van der Waals surface area contributed by atoms with Crippen LogP contribution in [-0.4, -0.2) is 23.3 Å². The highest BCUT2D eigenvalue weighted by atomic mass is 16.2. The van der Waals surface area contributed by atoms with Crippen LogP contribution in [0.15, 0.2) is 48.7 Å². The molecule has 0 bridgehead atoms. The van der Waals surface area contributed by atoms with Crippen molar-refractivity contribution in [3.8, 4) is 0 Å². The van der Waals surface area contributed by atoms with E-state index in [1.807, 2.05) is 37.3 Å². The van der Waals surface area contributed by atoms with Crippen LogP contribution in [0.1, 0.15) is 65.6 Å². The highest BCUT2D eigenvalue weighted by Gasteiger charge is 2.14. The minimum atomic E-state index is -0.248. The van der Waals surface area contributed by atoms with Crippen LogP contribution in [0.2, 0.25) is 0 Å². The molecule has 5 heteroatoms. The van der Waals surface area contributed by atoms with Gasteiger partial charge in [-0.05, 0) is 31.0 Å². The topological polar surface area (TPSA) is 71.1 Å². The van der Waals surface area contributed by atoms with E-state index in [1.165, 1.54) is 12.3 Å². The average Bonchev–Trinajstić information content (AvgIpc) is 2.65. The zero-order valence-electron chi connectivity index (χ0n) is 14.8. The lowest BCUT2D eigenvalue weighted by molar-refractivity contribution is 0.0939. The van der Waals surface area contributed by atoms with Crippen molar-refractivity contribution >= 4 is 11.8 Å². The number of unbranched alkanes of at least 4 members (excludes halogenated alkanes) is 2. The van der Waals surface area contributed by atoms with Crippen molar-refractivity contribution in [2.45, 2.75) is 39.2 Å². The summed E-state index contributed by atoms with van der Waals surface area (Å²) in [5, 5.41) is 5.77. The van der Waals surface area contributed by atoms with E-state index in [0.29, 0.717) is 12.1 Å². The van der Waals surface area contributed by atoms with Gasteiger partial charge in [0.25, 0.3) is 11.8 Å². The fraction of sp³-hybridized carbons (Fsp3) is 0.350. The van der Waals surface area contributed by atoms with Gasteiger partial charge < -0.3 is 10.6 Å². The lowest BCUT2D eigenvalue weighted by Crippen LogP contribution is -2.28. The van der Waals surface area contributed by atoms with Crippen molar-refractivity contribution in [2.75, 3.05) is 6.54 Å². The molecule has 25 heavy (non-hydrogen) atoms. The van der Waals surface area contributed by atoms with Crippen molar-refractivity contribution in [1.82, 2.24) is 15.6 Å². The zero-order valence-corrected chi connectivity index (χ0v) is 14.8. The van der Waals surface area contributed by atoms with Gasteiger partial charge in [0.15, 0.2) is 0 Å². The Balaban J connectivity index is 1.97. The number of aromatic nitrogens is 1. The summed E-state index contributed by atoms with van der Waals surface area (Å²) >= 11 is 0. The number of amides is 2. The second kappa shape index (κ2) is 9.57. The fourth-order valence-corrected chi connectivity index (χ4v) is 2.47. The van der Waals surface area contributed by atoms with Crippen molar-refractivity contribution in [3.05, 3.63) is 65.5 Å². The summed E-state index contributed by atoms with van der Waals surface area (Å²) < 4.78 is 0. The molecule has 1 unspecified atom stereocenters. The SMILES string of the molecule is CCCCCNC(=O)c1cc(C(=O)NC(C)c2ccccc2)ccn1. The molecule has 1 aromatic heterocycles.